The van der Waals surface area contributed by atoms with Gasteiger partial charge in [0.15, 0.2) is 5.75 Å². The van der Waals surface area contributed by atoms with Crippen molar-refractivity contribution < 1.29 is 32.2 Å². The van der Waals surface area contributed by atoms with E-state index in [2.05, 4.69) is 32.9 Å². The van der Waals surface area contributed by atoms with E-state index >= 15 is 0 Å². The summed E-state index contributed by atoms with van der Waals surface area (Å²) in [6.07, 6.45) is -2.55. The number of ether oxygens (including phenoxy) is 2. The number of alkyl halides is 3. The summed E-state index contributed by atoms with van der Waals surface area (Å²) in [5, 5.41) is 3.08. The van der Waals surface area contributed by atoms with Gasteiger partial charge in [0.25, 0.3) is 0 Å². The maximum atomic E-state index is 12.6. The van der Waals surface area contributed by atoms with Crippen molar-refractivity contribution in [3.8, 4) is 17.4 Å². The van der Waals surface area contributed by atoms with E-state index < -0.39 is 12.1 Å². The third kappa shape index (κ3) is 7.15. The average Bonchev–Trinajstić information content (AvgIpc) is 2.80. The van der Waals surface area contributed by atoms with Gasteiger partial charge in [0.2, 0.25) is 11.8 Å². The highest BCUT2D eigenvalue weighted by Crippen LogP contribution is 2.38. The Balaban J connectivity index is 1.61. The summed E-state index contributed by atoms with van der Waals surface area (Å²) in [6, 6.07) is 5.12. The van der Waals surface area contributed by atoms with Gasteiger partial charge in [0.1, 0.15) is 5.75 Å². The van der Waals surface area contributed by atoms with Crippen molar-refractivity contribution in [1.82, 2.24) is 9.88 Å². The zero-order valence-electron chi connectivity index (χ0n) is 19.9. The van der Waals surface area contributed by atoms with E-state index in [1.807, 2.05) is 19.9 Å². The summed E-state index contributed by atoms with van der Waals surface area (Å²) in [6.45, 7) is 3.99. The van der Waals surface area contributed by atoms with Crippen molar-refractivity contribution >= 4 is 51.7 Å². The number of nitrogens with one attached hydrogen (secondary N) is 1. The molecule has 1 aromatic heterocycles. The predicted molar refractivity (Wildman–Crippen MR) is 138 cm³/mol. The number of benzene rings is 1. The van der Waals surface area contributed by atoms with Crippen LogP contribution < -0.4 is 14.8 Å². The fourth-order valence-corrected chi connectivity index (χ4v) is 5.08. The number of carbonyl (C=O) groups excluding carboxylic acids is 2. The van der Waals surface area contributed by atoms with Gasteiger partial charge in [-0.25, -0.2) is 4.98 Å². The molecule has 2 amide bonds. The van der Waals surface area contributed by atoms with Crippen LogP contribution in [0.15, 0.2) is 24.4 Å². The number of methoxy groups -OCH3 is 1. The average molecular weight is 640 g/mol. The summed E-state index contributed by atoms with van der Waals surface area (Å²) in [7, 11) is 1.55. The molecule has 1 saturated heterocycles. The summed E-state index contributed by atoms with van der Waals surface area (Å²) < 4.78 is 49.7. The zero-order chi connectivity index (χ0) is 26.6. The molecular formula is C24H26ClF3IN3O4. The van der Waals surface area contributed by atoms with Crippen molar-refractivity contribution in [2.24, 2.45) is 5.92 Å². The Hall–Kier alpha value is -2.28. The number of pyridine rings is 1. The van der Waals surface area contributed by atoms with Crippen molar-refractivity contribution in [3.05, 3.63) is 38.6 Å². The molecule has 0 unspecified atom stereocenters. The Morgan fingerprint density at radius 2 is 1.92 bits per heavy atom. The molecule has 1 N–H and O–H groups in total. The Morgan fingerprint density at radius 3 is 2.47 bits per heavy atom. The van der Waals surface area contributed by atoms with Crippen LogP contribution in [-0.4, -0.2) is 48.1 Å². The van der Waals surface area contributed by atoms with E-state index in [4.69, 9.17) is 21.1 Å². The molecule has 2 aromatic rings. The van der Waals surface area contributed by atoms with Crippen molar-refractivity contribution in [3.63, 3.8) is 0 Å². The Kier molecular flexibility index (Phi) is 9.31. The van der Waals surface area contributed by atoms with E-state index in [9.17, 15) is 22.8 Å². The van der Waals surface area contributed by atoms with Gasteiger partial charge in [0.05, 0.1) is 21.9 Å². The number of carbonyl (C=O) groups is 2. The minimum Gasteiger partial charge on any atom is -0.481 e. The molecule has 0 spiro atoms. The first-order valence-corrected chi connectivity index (χ1v) is 12.7. The van der Waals surface area contributed by atoms with Gasteiger partial charge in [-0.1, -0.05) is 25.4 Å². The fraction of sp³-hybridized carbons (Fsp3) is 0.458. The molecule has 1 aromatic carbocycles. The maximum absolute atomic E-state index is 12.6. The molecule has 0 radical (unpaired) electrons. The number of hydrogen-bond donors (Lipinski definition) is 1. The minimum atomic E-state index is -4.88. The van der Waals surface area contributed by atoms with Crippen LogP contribution in [-0.2, 0) is 9.59 Å². The second-order valence-corrected chi connectivity index (χ2v) is 10.4. The number of piperidine rings is 1. The molecule has 0 aliphatic carbocycles. The monoisotopic (exact) mass is 639 g/mol. The number of aromatic nitrogens is 1. The van der Waals surface area contributed by atoms with Gasteiger partial charge in [-0.3, -0.25) is 9.59 Å². The molecule has 0 saturated carbocycles. The number of hydrogen-bond acceptors (Lipinski definition) is 5. The lowest BCUT2D eigenvalue weighted by atomic mass is 9.93. The zero-order valence-corrected chi connectivity index (χ0v) is 22.8. The van der Waals surface area contributed by atoms with Crippen LogP contribution in [0.2, 0.25) is 5.02 Å². The molecule has 0 atom stereocenters. The molecule has 12 heteroatoms. The van der Waals surface area contributed by atoms with Crippen LogP contribution in [0.1, 0.15) is 44.6 Å². The highest BCUT2D eigenvalue weighted by molar-refractivity contribution is 14.1. The third-order valence-corrected chi connectivity index (χ3v) is 6.87. The largest absolute Gasteiger partial charge is 0.481 e. The van der Waals surface area contributed by atoms with Gasteiger partial charge in [-0.2, -0.15) is 13.2 Å². The number of likely N-dealkylation sites (tertiary alicyclic amines) is 1. The molecule has 36 heavy (non-hydrogen) atoms. The van der Waals surface area contributed by atoms with E-state index in [0.29, 0.717) is 39.5 Å². The summed E-state index contributed by atoms with van der Waals surface area (Å²) in [4.78, 5) is 29.0. The standard InChI is InChI=1S/C24H26ClF3IN3O4/c1-13(2)17-11-16(12-30-22(17)35-3)36-21-18(25)9-15(10-19(21)29)31-20(33)8-14-4-6-32(7-5-14)23(34)24(26,27)28/h9-14H,4-8H2,1-3H3,(H,31,33). The minimum absolute atomic E-state index is 0.0230. The highest BCUT2D eigenvalue weighted by atomic mass is 127. The number of anilines is 1. The summed E-state index contributed by atoms with van der Waals surface area (Å²) in [5.74, 6) is -0.628. The van der Waals surface area contributed by atoms with Crippen molar-refractivity contribution in [1.29, 1.82) is 0 Å². The fourth-order valence-electron chi connectivity index (χ4n) is 3.93. The molecular weight excluding hydrogens is 614 g/mol. The molecule has 1 aliphatic heterocycles. The number of nitrogens with zero attached hydrogens (tertiary/aromatic N) is 2. The lowest BCUT2D eigenvalue weighted by Gasteiger charge is -2.32. The maximum Gasteiger partial charge on any atom is 0.471 e. The molecule has 3 rings (SSSR count). The second kappa shape index (κ2) is 11.8. The van der Waals surface area contributed by atoms with Crippen LogP contribution in [0.5, 0.6) is 17.4 Å². The first-order valence-electron chi connectivity index (χ1n) is 11.3. The van der Waals surface area contributed by atoms with E-state index in [0.717, 1.165) is 10.5 Å². The number of halogens is 5. The molecule has 7 nitrogen and oxygen atoms in total. The first-order chi connectivity index (χ1) is 16.9. The number of rotatable bonds is 7. The lowest BCUT2D eigenvalue weighted by molar-refractivity contribution is -0.186. The van der Waals surface area contributed by atoms with Crippen LogP contribution in [0, 0.1) is 9.49 Å². The van der Waals surface area contributed by atoms with Gasteiger partial charge < -0.3 is 19.7 Å². The van der Waals surface area contributed by atoms with Crippen LogP contribution in [0.4, 0.5) is 18.9 Å². The van der Waals surface area contributed by atoms with E-state index in [-0.39, 0.29) is 42.3 Å². The van der Waals surface area contributed by atoms with Gasteiger partial charge in [-0.05, 0) is 65.5 Å². The quantitative estimate of drug-likeness (QED) is 0.355. The molecule has 2 heterocycles. The van der Waals surface area contributed by atoms with Gasteiger partial charge >= 0.3 is 12.1 Å². The third-order valence-electron chi connectivity index (χ3n) is 5.79. The molecule has 1 aliphatic rings. The Labute approximate surface area is 225 Å². The van der Waals surface area contributed by atoms with Crippen LogP contribution in [0.25, 0.3) is 0 Å². The van der Waals surface area contributed by atoms with E-state index in [1.165, 1.54) is 0 Å². The molecule has 196 valence electrons. The van der Waals surface area contributed by atoms with Crippen molar-refractivity contribution in [2.75, 3.05) is 25.5 Å². The van der Waals surface area contributed by atoms with Gasteiger partial charge in [0, 0.05) is 30.8 Å². The SMILES string of the molecule is COc1ncc(Oc2c(Cl)cc(NC(=O)CC3CCN(C(=O)C(F)(F)F)CC3)cc2I)cc1C(C)C. The van der Waals surface area contributed by atoms with E-state index in [1.54, 1.807) is 25.4 Å². The molecule has 1 fully saturated rings. The molecule has 0 bridgehead atoms. The van der Waals surface area contributed by atoms with Crippen molar-refractivity contribution in [2.45, 2.75) is 45.2 Å². The predicted octanol–water partition coefficient (Wildman–Crippen LogP) is 6.39. The Bertz CT molecular complexity index is 1100. The topological polar surface area (TPSA) is 80.8 Å². The lowest BCUT2D eigenvalue weighted by Crippen LogP contribution is -2.45. The van der Waals surface area contributed by atoms with Crippen LogP contribution in [0.3, 0.4) is 0 Å². The van der Waals surface area contributed by atoms with Gasteiger partial charge in [-0.15, -0.1) is 0 Å². The Morgan fingerprint density at radius 1 is 1.25 bits per heavy atom. The highest BCUT2D eigenvalue weighted by Gasteiger charge is 2.43. The summed E-state index contributed by atoms with van der Waals surface area (Å²) in [5.41, 5.74) is 1.36. The summed E-state index contributed by atoms with van der Waals surface area (Å²) >= 11 is 8.50. The second-order valence-electron chi connectivity index (χ2n) is 8.78. The smallest absolute Gasteiger partial charge is 0.471 e. The first kappa shape index (κ1) is 28.3. The van der Waals surface area contributed by atoms with Crippen LogP contribution >= 0.6 is 34.2 Å². The number of amides is 2. The normalized spacial score (nSPS) is 14.6.